The summed E-state index contributed by atoms with van der Waals surface area (Å²) in [5.74, 6) is 0.341. The zero-order valence-electron chi connectivity index (χ0n) is 18.2. The molecule has 1 saturated heterocycles. The van der Waals surface area contributed by atoms with Crippen LogP contribution in [0.25, 0.3) is 16.6 Å². The lowest BCUT2D eigenvalue weighted by atomic mass is 9.90. The van der Waals surface area contributed by atoms with Crippen molar-refractivity contribution in [2.24, 2.45) is 0 Å². The molecule has 6 nitrogen and oxygen atoms in total. The highest BCUT2D eigenvalue weighted by atomic mass is 32.2. The van der Waals surface area contributed by atoms with Crippen LogP contribution in [0.1, 0.15) is 31.2 Å². The number of amides is 1. The van der Waals surface area contributed by atoms with E-state index in [0.717, 1.165) is 30.5 Å². The van der Waals surface area contributed by atoms with E-state index in [1.54, 1.807) is 10.6 Å². The molecule has 1 aromatic heterocycles. The summed E-state index contributed by atoms with van der Waals surface area (Å²) < 4.78 is 7.54. The van der Waals surface area contributed by atoms with Crippen molar-refractivity contribution in [3.8, 4) is 5.69 Å². The Hall–Kier alpha value is -2.64. The Morgan fingerprint density at radius 2 is 1.91 bits per heavy atom. The van der Waals surface area contributed by atoms with Crippen LogP contribution in [0.2, 0.25) is 0 Å². The minimum atomic E-state index is -0.117. The number of aromatic nitrogens is 2. The van der Waals surface area contributed by atoms with Crippen LogP contribution in [-0.2, 0) is 9.53 Å². The number of para-hydroxylation sites is 1. The van der Waals surface area contributed by atoms with E-state index in [1.165, 1.54) is 18.2 Å². The van der Waals surface area contributed by atoms with Crippen molar-refractivity contribution < 1.29 is 9.53 Å². The van der Waals surface area contributed by atoms with Crippen molar-refractivity contribution in [3.63, 3.8) is 0 Å². The summed E-state index contributed by atoms with van der Waals surface area (Å²) in [6.45, 7) is 3.25. The third-order valence-corrected chi connectivity index (χ3v) is 7.34. The van der Waals surface area contributed by atoms with Crippen molar-refractivity contribution in [1.29, 1.82) is 0 Å². The quantitative estimate of drug-likeness (QED) is 0.446. The van der Waals surface area contributed by atoms with Crippen molar-refractivity contribution in [2.45, 2.75) is 49.9 Å². The maximum atomic E-state index is 13.4. The van der Waals surface area contributed by atoms with Gasteiger partial charge in [0.05, 0.1) is 41.1 Å². The summed E-state index contributed by atoms with van der Waals surface area (Å²) in [5.41, 5.74) is 2.41. The predicted octanol–water partition coefficient (Wildman–Crippen LogP) is 3.96. The van der Waals surface area contributed by atoms with Gasteiger partial charge in [0.1, 0.15) is 0 Å². The van der Waals surface area contributed by atoms with Gasteiger partial charge in [-0.1, -0.05) is 54.4 Å². The van der Waals surface area contributed by atoms with Crippen molar-refractivity contribution in [1.82, 2.24) is 14.5 Å². The highest BCUT2D eigenvalue weighted by Gasteiger charge is 2.36. The lowest BCUT2D eigenvalue weighted by Gasteiger charge is -2.43. The molecule has 2 atom stereocenters. The van der Waals surface area contributed by atoms with Gasteiger partial charge in [-0.05, 0) is 44.0 Å². The molecular formula is C25H27N3O3S. The fourth-order valence-corrected chi connectivity index (χ4v) is 5.64. The van der Waals surface area contributed by atoms with Gasteiger partial charge >= 0.3 is 0 Å². The van der Waals surface area contributed by atoms with Crippen LogP contribution in [0, 0.1) is 6.92 Å². The highest BCUT2D eigenvalue weighted by Crippen LogP contribution is 2.30. The summed E-state index contributed by atoms with van der Waals surface area (Å²) in [4.78, 5) is 33.3. The fourth-order valence-electron chi connectivity index (χ4n) is 4.75. The van der Waals surface area contributed by atoms with Crippen molar-refractivity contribution >= 4 is 28.6 Å². The number of carbonyl (C=O) groups excluding carboxylic acids is 1. The summed E-state index contributed by atoms with van der Waals surface area (Å²) >= 11 is 1.34. The zero-order chi connectivity index (χ0) is 22.1. The molecule has 1 aliphatic heterocycles. The van der Waals surface area contributed by atoms with Crippen LogP contribution < -0.4 is 5.56 Å². The van der Waals surface area contributed by atoms with Gasteiger partial charge in [-0.2, -0.15) is 0 Å². The van der Waals surface area contributed by atoms with Gasteiger partial charge in [0.25, 0.3) is 5.56 Å². The topological polar surface area (TPSA) is 64.4 Å². The number of morpholine rings is 1. The Morgan fingerprint density at radius 1 is 1.12 bits per heavy atom. The Kier molecular flexibility index (Phi) is 6.02. The molecule has 2 heterocycles. The number of ether oxygens (including phenoxy) is 1. The number of hydrogen-bond acceptors (Lipinski definition) is 5. The second-order valence-corrected chi connectivity index (χ2v) is 9.47. The Morgan fingerprint density at radius 3 is 2.75 bits per heavy atom. The van der Waals surface area contributed by atoms with Crippen LogP contribution >= 0.6 is 11.8 Å². The Bertz CT molecular complexity index is 1190. The summed E-state index contributed by atoms with van der Waals surface area (Å²) in [5, 5.41) is 1.11. The van der Waals surface area contributed by atoms with E-state index in [4.69, 9.17) is 9.72 Å². The van der Waals surface area contributed by atoms with E-state index in [-0.39, 0.29) is 29.4 Å². The normalized spacial score (nSPS) is 20.8. The zero-order valence-corrected chi connectivity index (χ0v) is 19.0. The molecule has 32 heavy (non-hydrogen) atoms. The number of thioether (sulfide) groups is 1. The molecule has 1 saturated carbocycles. The lowest BCUT2D eigenvalue weighted by Crippen LogP contribution is -2.55. The molecule has 2 fully saturated rings. The molecule has 1 aliphatic carbocycles. The first-order valence-electron chi connectivity index (χ1n) is 11.2. The lowest BCUT2D eigenvalue weighted by molar-refractivity contribution is -0.146. The number of fused-ring (bicyclic) bond motifs is 2. The average Bonchev–Trinajstić information content (AvgIpc) is 2.83. The van der Waals surface area contributed by atoms with E-state index >= 15 is 0 Å². The van der Waals surface area contributed by atoms with Gasteiger partial charge in [-0.25, -0.2) is 4.98 Å². The van der Waals surface area contributed by atoms with Gasteiger partial charge in [-0.3, -0.25) is 14.2 Å². The van der Waals surface area contributed by atoms with Crippen molar-refractivity contribution in [2.75, 3.05) is 18.9 Å². The van der Waals surface area contributed by atoms with Gasteiger partial charge in [0, 0.05) is 6.54 Å². The van der Waals surface area contributed by atoms with E-state index in [0.29, 0.717) is 29.2 Å². The Balaban J connectivity index is 1.45. The van der Waals surface area contributed by atoms with Crippen LogP contribution in [0.4, 0.5) is 0 Å². The van der Waals surface area contributed by atoms with E-state index in [2.05, 4.69) is 0 Å². The van der Waals surface area contributed by atoms with E-state index < -0.39 is 0 Å². The molecule has 166 valence electrons. The van der Waals surface area contributed by atoms with Crippen LogP contribution in [-0.4, -0.2) is 51.4 Å². The first kappa shape index (κ1) is 21.2. The number of nitrogens with zero attached hydrogens (tertiary/aromatic N) is 3. The minimum Gasteiger partial charge on any atom is -0.374 e. The minimum absolute atomic E-state index is 0.0908. The molecule has 2 aromatic carbocycles. The maximum absolute atomic E-state index is 13.4. The van der Waals surface area contributed by atoms with Crippen LogP contribution in [0.15, 0.2) is 58.5 Å². The van der Waals surface area contributed by atoms with E-state index in [9.17, 15) is 9.59 Å². The summed E-state index contributed by atoms with van der Waals surface area (Å²) in [6.07, 6.45) is 4.50. The number of carbonyl (C=O) groups is 1. The monoisotopic (exact) mass is 449 g/mol. The molecule has 0 bridgehead atoms. The van der Waals surface area contributed by atoms with Crippen molar-refractivity contribution in [3.05, 3.63) is 64.4 Å². The molecule has 0 radical (unpaired) electrons. The molecule has 5 rings (SSSR count). The standard InChI is InChI=1S/C25H27N3O3S/c1-17-10-12-18(13-11-17)28-24(30)19-6-2-3-7-20(19)26-25(28)32-16-23(29)27-14-15-31-22-9-5-4-8-21(22)27/h2-3,6-7,10-13,21-22H,4-5,8-9,14-16H2,1H3/t21-,22+/m0/s1. The maximum Gasteiger partial charge on any atom is 0.266 e. The number of benzene rings is 2. The first-order chi connectivity index (χ1) is 15.6. The number of rotatable bonds is 4. The summed E-state index contributed by atoms with van der Waals surface area (Å²) in [6, 6.07) is 15.3. The summed E-state index contributed by atoms with van der Waals surface area (Å²) in [7, 11) is 0. The SMILES string of the molecule is Cc1ccc(-n2c(SCC(=O)N3CCO[C@@H]4CCCC[C@@H]43)nc3ccccc3c2=O)cc1. The molecule has 0 unspecified atom stereocenters. The van der Waals surface area contributed by atoms with Gasteiger partial charge in [0.15, 0.2) is 5.16 Å². The number of aryl methyl sites for hydroxylation is 1. The predicted molar refractivity (Wildman–Crippen MR) is 127 cm³/mol. The molecule has 3 aromatic rings. The van der Waals surface area contributed by atoms with Gasteiger partial charge < -0.3 is 9.64 Å². The fraction of sp³-hybridized carbons (Fsp3) is 0.400. The van der Waals surface area contributed by atoms with Crippen LogP contribution in [0.5, 0.6) is 0 Å². The molecule has 2 aliphatic rings. The second-order valence-electron chi connectivity index (χ2n) is 8.52. The molecule has 0 spiro atoms. The average molecular weight is 450 g/mol. The van der Waals surface area contributed by atoms with Crippen LogP contribution in [0.3, 0.4) is 0 Å². The molecular weight excluding hydrogens is 422 g/mol. The molecule has 0 N–H and O–H groups in total. The highest BCUT2D eigenvalue weighted by molar-refractivity contribution is 7.99. The number of hydrogen-bond donors (Lipinski definition) is 0. The first-order valence-corrected chi connectivity index (χ1v) is 12.2. The smallest absolute Gasteiger partial charge is 0.266 e. The van der Waals surface area contributed by atoms with E-state index in [1.807, 2.05) is 54.3 Å². The largest absolute Gasteiger partial charge is 0.374 e. The third-order valence-electron chi connectivity index (χ3n) is 6.41. The molecule has 7 heteroatoms. The molecule has 1 amide bonds. The third kappa shape index (κ3) is 4.07. The van der Waals surface area contributed by atoms with Gasteiger partial charge in [0.2, 0.25) is 5.91 Å². The Labute approximate surface area is 191 Å². The second kappa shape index (κ2) is 9.08. The van der Waals surface area contributed by atoms with Gasteiger partial charge in [-0.15, -0.1) is 0 Å².